The number of hydrogen-bond donors (Lipinski definition) is 0. The second-order valence-electron chi connectivity index (χ2n) is 6.01. The second kappa shape index (κ2) is 12.9. The number of unbranched alkanes of at least 4 members (excludes halogenated alkanes) is 9. The molecule has 1 aromatic carbocycles. The molecule has 0 aliphatic rings. The van der Waals surface area contributed by atoms with Crippen LogP contribution < -0.4 is 0 Å². The summed E-state index contributed by atoms with van der Waals surface area (Å²) in [5.74, 6) is -1.30. The van der Waals surface area contributed by atoms with Crippen molar-refractivity contribution in [2.24, 2.45) is 0 Å². The highest BCUT2D eigenvalue weighted by molar-refractivity contribution is 6.40. The minimum atomic E-state index is -0.743. The maximum Gasteiger partial charge on any atom is 0.379 e. The summed E-state index contributed by atoms with van der Waals surface area (Å²) in [6.45, 7) is 2.58. The van der Waals surface area contributed by atoms with Crippen molar-refractivity contribution in [2.75, 3.05) is 6.61 Å². The maximum atomic E-state index is 11.8. The summed E-state index contributed by atoms with van der Waals surface area (Å²) in [5.41, 5.74) is 0.389. The summed E-state index contributed by atoms with van der Waals surface area (Å²) in [7, 11) is 0. The van der Waals surface area contributed by atoms with Crippen molar-refractivity contribution in [3.05, 3.63) is 35.9 Å². The van der Waals surface area contributed by atoms with E-state index in [-0.39, 0.29) is 0 Å². The van der Waals surface area contributed by atoms with Crippen LogP contribution in [0.4, 0.5) is 0 Å². The van der Waals surface area contributed by atoms with Crippen molar-refractivity contribution in [1.82, 2.24) is 0 Å². The number of hydrogen-bond acceptors (Lipinski definition) is 3. The highest BCUT2D eigenvalue weighted by Crippen LogP contribution is 2.10. The highest BCUT2D eigenvalue weighted by atomic mass is 16.5. The van der Waals surface area contributed by atoms with E-state index in [1.54, 1.807) is 24.3 Å². The predicted molar refractivity (Wildman–Crippen MR) is 93.6 cm³/mol. The first kappa shape index (κ1) is 19.4. The van der Waals surface area contributed by atoms with Gasteiger partial charge in [-0.1, -0.05) is 95.0 Å². The third kappa shape index (κ3) is 9.17. The lowest BCUT2D eigenvalue weighted by atomic mass is 10.1. The first-order valence-corrected chi connectivity index (χ1v) is 9.02. The van der Waals surface area contributed by atoms with Crippen molar-refractivity contribution in [1.29, 1.82) is 0 Å². The number of ketones is 1. The third-order valence-corrected chi connectivity index (χ3v) is 3.95. The van der Waals surface area contributed by atoms with Gasteiger partial charge in [-0.3, -0.25) is 4.79 Å². The van der Waals surface area contributed by atoms with Crippen LogP contribution in [0.15, 0.2) is 30.3 Å². The lowest BCUT2D eigenvalue weighted by Crippen LogP contribution is -2.18. The van der Waals surface area contributed by atoms with E-state index in [1.165, 1.54) is 51.4 Å². The van der Waals surface area contributed by atoms with Gasteiger partial charge in [0.15, 0.2) is 0 Å². The van der Waals surface area contributed by atoms with Crippen molar-refractivity contribution in [3.8, 4) is 0 Å². The standard InChI is InChI=1S/C20H30O3/c1-2-3-4-5-6-7-8-9-10-14-17-23-20(22)19(21)18-15-12-11-13-16-18/h11-13,15-16H,2-10,14,17H2,1H3. The quantitative estimate of drug-likeness (QED) is 0.213. The molecule has 3 nitrogen and oxygen atoms in total. The minimum absolute atomic E-state index is 0.341. The predicted octanol–water partition coefficient (Wildman–Crippen LogP) is 5.33. The fourth-order valence-electron chi connectivity index (χ4n) is 2.53. The van der Waals surface area contributed by atoms with E-state index in [0.717, 1.165) is 12.8 Å². The molecule has 3 heteroatoms. The summed E-state index contributed by atoms with van der Waals surface area (Å²) < 4.78 is 5.04. The molecule has 0 amide bonds. The van der Waals surface area contributed by atoms with Gasteiger partial charge in [0.1, 0.15) is 0 Å². The molecule has 0 N–H and O–H groups in total. The van der Waals surface area contributed by atoms with Gasteiger partial charge in [0.05, 0.1) is 6.61 Å². The Hall–Kier alpha value is -1.64. The monoisotopic (exact) mass is 318 g/mol. The van der Waals surface area contributed by atoms with E-state index in [1.807, 2.05) is 6.07 Å². The number of carbonyl (C=O) groups excluding carboxylic acids is 2. The number of benzene rings is 1. The molecule has 0 bridgehead atoms. The SMILES string of the molecule is CCCCCCCCCCCCOC(=O)C(=O)c1ccccc1. The van der Waals surface area contributed by atoms with Gasteiger partial charge in [-0.25, -0.2) is 4.79 Å². The molecular weight excluding hydrogens is 288 g/mol. The second-order valence-corrected chi connectivity index (χ2v) is 6.01. The molecule has 1 aromatic rings. The van der Waals surface area contributed by atoms with Crippen LogP contribution in [0.1, 0.15) is 81.5 Å². The molecule has 0 atom stereocenters. The number of esters is 1. The Bertz CT molecular complexity index is 439. The zero-order valence-corrected chi connectivity index (χ0v) is 14.4. The van der Waals surface area contributed by atoms with Gasteiger partial charge in [-0.2, -0.15) is 0 Å². The van der Waals surface area contributed by atoms with Crippen molar-refractivity contribution >= 4 is 11.8 Å². The molecule has 0 aliphatic heterocycles. The zero-order valence-electron chi connectivity index (χ0n) is 14.4. The first-order valence-electron chi connectivity index (χ1n) is 9.02. The van der Waals surface area contributed by atoms with Crippen LogP contribution in [0.5, 0.6) is 0 Å². The lowest BCUT2D eigenvalue weighted by molar-refractivity contribution is -0.138. The first-order chi connectivity index (χ1) is 11.3. The summed E-state index contributed by atoms with van der Waals surface area (Å²) in [6, 6.07) is 8.55. The van der Waals surface area contributed by atoms with Gasteiger partial charge in [0.25, 0.3) is 5.78 Å². The van der Waals surface area contributed by atoms with Gasteiger partial charge >= 0.3 is 5.97 Å². The number of carbonyl (C=O) groups is 2. The normalized spacial score (nSPS) is 10.5. The summed E-state index contributed by atoms with van der Waals surface area (Å²) in [5, 5.41) is 0. The molecule has 0 radical (unpaired) electrons. The Morgan fingerprint density at radius 1 is 0.783 bits per heavy atom. The maximum absolute atomic E-state index is 11.8. The van der Waals surface area contributed by atoms with Gasteiger partial charge in [-0.05, 0) is 6.42 Å². The van der Waals surface area contributed by atoms with Crippen molar-refractivity contribution in [2.45, 2.75) is 71.1 Å². The van der Waals surface area contributed by atoms with Gasteiger partial charge < -0.3 is 4.74 Å². The van der Waals surface area contributed by atoms with Crippen LogP contribution in [0.2, 0.25) is 0 Å². The number of Topliss-reactive ketones (excluding diaryl/α,β-unsaturated/α-hetero) is 1. The van der Waals surface area contributed by atoms with Crippen LogP contribution in [0.25, 0.3) is 0 Å². The van der Waals surface area contributed by atoms with Crippen LogP contribution in [0.3, 0.4) is 0 Å². The van der Waals surface area contributed by atoms with Crippen LogP contribution in [-0.4, -0.2) is 18.4 Å². The molecule has 0 saturated heterocycles. The molecule has 0 heterocycles. The lowest BCUT2D eigenvalue weighted by Gasteiger charge is -2.04. The molecule has 0 unspecified atom stereocenters. The number of rotatable bonds is 13. The van der Waals surface area contributed by atoms with E-state index in [9.17, 15) is 9.59 Å². The van der Waals surface area contributed by atoms with Crippen LogP contribution >= 0.6 is 0 Å². The smallest absolute Gasteiger partial charge is 0.379 e. The van der Waals surface area contributed by atoms with E-state index in [0.29, 0.717) is 12.2 Å². The van der Waals surface area contributed by atoms with Gasteiger partial charge in [0, 0.05) is 5.56 Å². The Morgan fingerprint density at radius 3 is 1.87 bits per heavy atom. The fraction of sp³-hybridized carbons (Fsp3) is 0.600. The van der Waals surface area contributed by atoms with E-state index in [4.69, 9.17) is 4.74 Å². The van der Waals surface area contributed by atoms with Crippen LogP contribution in [-0.2, 0) is 9.53 Å². The molecule has 0 fully saturated rings. The highest BCUT2D eigenvalue weighted by Gasteiger charge is 2.16. The average Bonchev–Trinajstić information content (AvgIpc) is 2.59. The Morgan fingerprint density at radius 2 is 1.30 bits per heavy atom. The van der Waals surface area contributed by atoms with E-state index in [2.05, 4.69) is 6.92 Å². The average molecular weight is 318 g/mol. The van der Waals surface area contributed by atoms with Gasteiger partial charge in [0.2, 0.25) is 0 Å². The Labute approximate surface area is 140 Å². The molecule has 0 aliphatic carbocycles. The largest absolute Gasteiger partial charge is 0.460 e. The van der Waals surface area contributed by atoms with Crippen LogP contribution in [0, 0.1) is 0 Å². The fourth-order valence-corrected chi connectivity index (χ4v) is 2.53. The molecule has 1 rings (SSSR count). The Kier molecular flexibility index (Phi) is 10.9. The topological polar surface area (TPSA) is 43.4 Å². The minimum Gasteiger partial charge on any atom is -0.460 e. The Balaban J connectivity index is 1.96. The molecule has 0 saturated carbocycles. The summed E-state index contributed by atoms with van der Waals surface area (Å²) >= 11 is 0. The van der Waals surface area contributed by atoms with E-state index < -0.39 is 11.8 Å². The molecule has 0 spiro atoms. The van der Waals surface area contributed by atoms with Gasteiger partial charge in [-0.15, -0.1) is 0 Å². The summed E-state index contributed by atoms with van der Waals surface area (Å²) in [4.78, 5) is 23.4. The van der Waals surface area contributed by atoms with Crippen molar-refractivity contribution in [3.63, 3.8) is 0 Å². The molecule has 23 heavy (non-hydrogen) atoms. The molecular formula is C20H30O3. The van der Waals surface area contributed by atoms with E-state index >= 15 is 0 Å². The molecule has 0 aromatic heterocycles. The summed E-state index contributed by atoms with van der Waals surface area (Å²) in [6.07, 6.45) is 12.3. The third-order valence-electron chi connectivity index (χ3n) is 3.95. The van der Waals surface area contributed by atoms with Crippen molar-refractivity contribution < 1.29 is 14.3 Å². The molecule has 128 valence electrons. The zero-order chi connectivity index (χ0) is 16.8. The number of ether oxygens (including phenoxy) is 1.